The number of aryl methyl sites for hydroxylation is 1. The molecule has 0 saturated heterocycles. The van der Waals surface area contributed by atoms with Gasteiger partial charge in [-0.25, -0.2) is 0 Å². The van der Waals surface area contributed by atoms with Crippen LogP contribution in [0.5, 0.6) is 5.75 Å². The number of halogens is 1. The van der Waals surface area contributed by atoms with Crippen molar-refractivity contribution in [2.75, 3.05) is 13.7 Å². The summed E-state index contributed by atoms with van der Waals surface area (Å²) in [6.07, 6.45) is 2.74. The van der Waals surface area contributed by atoms with E-state index in [1.165, 1.54) is 12.7 Å². The van der Waals surface area contributed by atoms with Crippen LogP contribution in [0.4, 0.5) is 0 Å². The molecule has 0 bridgehead atoms. The molecule has 1 unspecified atom stereocenters. The van der Waals surface area contributed by atoms with Crippen LogP contribution >= 0.6 is 15.9 Å². The number of Topliss-reactive ketones (excluding diaryl/α,β-unsaturated/α-hetero) is 1. The Morgan fingerprint density at radius 1 is 1.13 bits per heavy atom. The summed E-state index contributed by atoms with van der Waals surface area (Å²) < 4.78 is 11.0. The van der Waals surface area contributed by atoms with Crippen LogP contribution in [0, 0.1) is 0 Å². The van der Waals surface area contributed by atoms with Crippen molar-refractivity contribution in [1.82, 2.24) is 5.32 Å². The first-order chi connectivity index (χ1) is 14.5. The molecule has 0 aromatic heterocycles. The van der Waals surface area contributed by atoms with Crippen molar-refractivity contribution >= 4 is 33.6 Å². The van der Waals surface area contributed by atoms with E-state index in [1.54, 1.807) is 18.2 Å². The zero-order valence-corrected chi connectivity index (χ0v) is 18.4. The summed E-state index contributed by atoms with van der Waals surface area (Å²) >= 11 is 3.32. The van der Waals surface area contributed by atoms with Gasteiger partial charge in [0.15, 0.2) is 12.4 Å². The molecule has 0 spiro atoms. The van der Waals surface area contributed by atoms with Gasteiger partial charge >= 0.3 is 5.97 Å². The van der Waals surface area contributed by atoms with Gasteiger partial charge in [-0.05, 0) is 48.6 Å². The van der Waals surface area contributed by atoms with E-state index in [4.69, 9.17) is 9.47 Å². The zero-order valence-electron chi connectivity index (χ0n) is 16.8. The average molecular weight is 474 g/mol. The Morgan fingerprint density at radius 2 is 1.93 bits per heavy atom. The van der Waals surface area contributed by atoms with E-state index in [2.05, 4.69) is 27.3 Å². The molecule has 1 aliphatic rings. The van der Waals surface area contributed by atoms with E-state index in [0.717, 1.165) is 29.3 Å². The molecule has 0 radical (unpaired) electrons. The van der Waals surface area contributed by atoms with Crippen molar-refractivity contribution in [3.8, 4) is 5.75 Å². The smallest absolute Gasteiger partial charge is 0.306 e. The first kappa shape index (κ1) is 22.0. The number of ketones is 1. The third kappa shape index (κ3) is 5.69. The summed E-state index contributed by atoms with van der Waals surface area (Å²) in [6.45, 7) is -0.355. The van der Waals surface area contributed by atoms with Gasteiger partial charge in [0.25, 0.3) is 5.91 Å². The number of ether oxygens (including phenoxy) is 2. The molecule has 2 aromatic rings. The Morgan fingerprint density at radius 3 is 2.73 bits per heavy atom. The summed E-state index contributed by atoms with van der Waals surface area (Å²) in [6, 6.07) is 13.1. The molecule has 7 heteroatoms. The Bertz CT molecular complexity index is 943. The summed E-state index contributed by atoms with van der Waals surface area (Å²) in [4.78, 5) is 36.6. The van der Waals surface area contributed by atoms with Crippen LogP contribution in [-0.2, 0) is 20.7 Å². The van der Waals surface area contributed by atoms with Gasteiger partial charge in [-0.2, -0.15) is 0 Å². The van der Waals surface area contributed by atoms with Gasteiger partial charge in [0.2, 0.25) is 0 Å². The molecule has 1 aliphatic carbocycles. The predicted molar refractivity (Wildman–Crippen MR) is 115 cm³/mol. The number of benzene rings is 2. The van der Waals surface area contributed by atoms with Crippen LogP contribution < -0.4 is 10.1 Å². The van der Waals surface area contributed by atoms with E-state index >= 15 is 0 Å². The molecule has 2 aromatic carbocycles. The van der Waals surface area contributed by atoms with E-state index in [-0.39, 0.29) is 37.2 Å². The van der Waals surface area contributed by atoms with Gasteiger partial charge in [0.1, 0.15) is 5.75 Å². The fourth-order valence-electron chi connectivity index (χ4n) is 3.61. The fourth-order valence-corrected chi connectivity index (χ4v) is 3.97. The maximum absolute atomic E-state index is 12.4. The highest BCUT2D eigenvalue weighted by Gasteiger charge is 2.22. The molecule has 0 saturated carbocycles. The molecular formula is C23H24BrNO5. The van der Waals surface area contributed by atoms with Crippen molar-refractivity contribution in [3.63, 3.8) is 0 Å². The number of amides is 1. The lowest BCUT2D eigenvalue weighted by molar-refractivity contribution is -0.148. The minimum Gasteiger partial charge on any atom is -0.496 e. The van der Waals surface area contributed by atoms with Crippen LogP contribution in [-0.4, -0.2) is 31.4 Å². The number of hydrogen-bond acceptors (Lipinski definition) is 5. The third-order valence-electron chi connectivity index (χ3n) is 5.09. The monoisotopic (exact) mass is 473 g/mol. The highest BCUT2D eigenvalue weighted by atomic mass is 79.9. The van der Waals surface area contributed by atoms with E-state index in [9.17, 15) is 14.4 Å². The topological polar surface area (TPSA) is 81.7 Å². The Labute approximate surface area is 184 Å². The first-order valence-corrected chi connectivity index (χ1v) is 10.7. The second-order valence-corrected chi connectivity index (χ2v) is 8.06. The minimum absolute atomic E-state index is 0.0245. The van der Waals surface area contributed by atoms with Gasteiger partial charge in [0.05, 0.1) is 25.1 Å². The van der Waals surface area contributed by atoms with Crippen LogP contribution in [0.1, 0.15) is 53.2 Å². The fraction of sp³-hybridized carbons (Fsp3) is 0.348. The maximum atomic E-state index is 12.4. The van der Waals surface area contributed by atoms with Crippen LogP contribution in [0.25, 0.3) is 0 Å². The zero-order chi connectivity index (χ0) is 21.5. The van der Waals surface area contributed by atoms with Crippen molar-refractivity contribution < 1.29 is 23.9 Å². The molecule has 0 fully saturated rings. The number of esters is 1. The molecule has 1 atom stereocenters. The largest absolute Gasteiger partial charge is 0.496 e. The number of carbonyl (C=O) groups excluding carboxylic acids is 3. The molecule has 1 N–H and O–H groups in total. The average Bonchev–Trinajstić information content (AvgIpc) is 2.76. The SMILES string of the molecule is COc1ccc(Br)cc1C(=O)CCC(=O)OCC(=O)NC1CCCc2ccccc21. The van der Waals surface area contributed by atoms with Crippen LogP contribution in [0.2, 0.25) is 0 Å². The second-order valence-electron chi connectivity index (χ2n) is 7.14. The number of carbonyl (C=O) groups is 3. The van der Waals surface area contributed by atoms with Crippen LogP contribution in [0.3, 0.4) is 0 Å². The summed E-state index contributed by atoms with van der Waals surface area (Å²) in [5.41, 5.74) is 2.76. The molecule has 6 nitrogen and oxygen atoms in total. The molecular weight excluding hydrogens is 450 g/mol. The Hall–Kier alpha value is -2.67. The van der Waals surface area contributed by atoms with Crippen LogP contribution in [0.15, 0.2) is 46.9 Å². The van der Waals surface area contributed by atoms with Gasteiger partial charge in [0, 0.05) is 10.9 Å². The standard InChI is InChI=1S/C23H24BrNO5/c1-29-21-11-9-16(24)13-18(21)20(26)10-12-23(28)30-14-22(27)25-19-8-4-6-15-5-2-3-7-17(15)19/h2-3,5,7,9,11,13,19H,4,6,8,10,12,14H2,1H3,(H,25,27). The molecule has 30 heavy (non-hydrogen) atoms. The lowest BCUT2D eigenvalue weighted by Crippen LogP contribution is -2.34. The molecule has 158 valence electrons. The third-order valence-corrected chi connectivity index (χ3v) is 5.58. The molecule has 0 aliphatic heterocycles. The summed E-state index contributed by atoms with van der Waals surface area (Å²) in [5, 5.41) is 2.94. The van der Waals surface area contributed by atoms with Gasteiger partial charge in [-0.1, -0.05) is 40.2 Å². The second kappa shape index (κ2) is 10.4. The molecule has 3 rings (SSSR count). The van der Waals surface area contributed by atoms with Crippen molar-refractivity contribution in [3.05, 3.63) is 63.6 Å². The lowest BCUT2D eigenvalue weighted by atomic mass is 9.88. The van der Waals surface area contributed by atoms with Gasteiger partial charge < -0.3 is 14.8 Å². The summed E-state index contributed by atoms with van der Waals surface area (Å²) in [7, 11) is 1.48. The first-order valence-electron chi connectivity index (χ1n) is 9.87. The number of hydrogen-bond donors (Lipinski definition) is 1. The quantitative estimate of drug-likeness (QED) is 0.459. The van der Waals surface area contributed by atoms with E-state index in [0.29, 0.717) is 11.3 Å². The minimum atomic E-state index is -0.587. The lowest BCUT2D eigenvalue weighted by Gasteiger charge is -2.26. The number of nitrogens with one attached hydrogen (secondary N) is 1. The Balaban J connectivity index is 1.46. The highest BCUT2D eigenvalue weighted by Crippen LogP contribution is 2.29. The molecule has 0 heterocycles. The number of methoxy groups -OCH3 is 1. The van der Waals surface area contributed by atoms with E-state index < -0.39 is 5.97 Å². The normalized spacial score (nSPS) is 15.1. The van der Waals surface area contributed by atoms with E-state index in [1.807, 2.05) is 18.2 Å². The maximum Gasteiger partial charge on any atom is 0.306 e. The predicted octanol–water partition coefficient (Wildman–Crippen LogP) is 4.16. The highest BCUT2D eigenvalue weighted by molar-refractivity contribution is 9.10. The van der Waals surface area contributed by atoms with Gasteiger partial charge in [-0.3, -0.25) is 14.4 Å². The van der Waals surface area contributed by atoms with Crippen molar-refractivity contribution in [2.24, 2.45) is 0 Å². The molecule has 1 amide bonds. The Kier molecular flexibility index (Phi) is 7.63. The van der Waals surface area contributed by atoms with Crippen molar-refractivity contribution in [1.29, 1.82) is 0 Å². The summed E-state index contributed by atoms with van der Waals surface area (Å²) in [5.74, 6) is -0.710. The van der Waals surface area contributed by atoms with Crippen molar-refractivity contribution in [2.45, 2.75) is 38.1 Å². The van der Waals surface area contributed by atoms with Gasteiger partial charge in [-0.15, -0.1) is 0 Å². The number of fused-ring (bicyclic) bond motifs is 1. The number of rotatable bonds is 8.